The fraction of sp³-hybridized carbons (Fsp3) is 0.500. The van der Waals surface area contributed by atoms with Crippen molar-refractivity contribution < 1.29 is 9.47 Å². The van der Waals surface area contributed by atoms with Crippen molar-refractivity contribution in [3.8, 4) is 11.9 Å². The molecule has 1 aromatic rings. The molecule has 0 aliphatic heterocycles. The minimum Gasteiger partial charge on any atom is -0.475 e. The third kappa shape index (κ3) is 4.28. The molecule has 1 aromatic heterocycles. The smallest absolute Gasteiger partial charge is 0.214 e. The molecule has 16 heavy (non-hydrogen) atoms. The van der Waals surface area contributed by atoms with Crippen LogP contribution in [0.1, 0.15) is 24.6 Å². The quantitative estimate of drug-likeness (QED) is 0.689. The molecule has 4 nitrogen and oxygen atoms in total. The van der Waals surface area contributed by atoms with E-state index in [-0.39, 0.29) is 0 Å². The van der Waals surface area contributed by atoms with Gasteiger partial charge in [-0.25, -0.2) is 4.98 Å². The maximum Gasteiger partial charge on any atom is 0.214 e. The predicted molar refractivity (Wildman–Crippen MR) is 60.3 cm³/mol. The molecule has 0 aliphatic rings. The molecule has 0 atom stereocenters. The molecule has 86 valence electrons. The molecular formula is C12H16N2O2. The molecule has 0 saturated carbocycles. The van der Waals surface area contributed by atoms with Gasteiger partial charge < -0.3 is 9.47 Å². The zero-order valence-electron chi connectivity index (χ0n) is 9.69. The van der Waals surface area contributed by atoms with E-state index in [1.807, 2.05) is 6.92 Å². The highest BCUT2D eigenvalue weighted by Gasteiger charge is 2.00. The first-order valence-electron chi connectivity index (χ1n) is 5.35. The number of nitriles is 1. The molecular weight excluding hydrogens is 204 g/mol. The topological polar surface area (TPSA) is 55.1 Å². The van der Waals surface area contributed by atoms with Crippen LogP contribution in [-0.4, -0.2) is 24.8 Å². The molecule has 0 amide bonds. The lowest BCUT2D eigenvalue weighted by molar-refractivity contribution is 0.0989. The molecule has 0 spiro atoms. The van der Waals surface area contributed by atoms with E-state index in [1.54, 1.807) is 12.1 Å². The summed E-state index contributed by atoms with van der Waals surface area (Å²) in [5, 5.41) is 8.77. The van der Waals surface area contributed by atoms with Crippen LogP contribution in [0.2, 0.25) is 0 Å². The molecule has 4 heteroatoms. The number of hydrogen-bond acceptors (Lipinski definition) is 4. The average molecular weight is 220 g/mol. The monoisotopic (exact) mass is 220 g/mol. The lowest BCUT2D eigenvalue weighted by atomic mass is 10.2. The number of rotatable bonds is 6. The first-order chi connectivity index (χ1) is 7.76. The second-order valence-corrected chi connectivity index (χ2v) is 3.41. The SMILES string of the molecule is CCCOCCOc1cc(C#N)cc(C)n1. The van der Waals surface area contributed by atoms with Crippen molar-refractivity contribution in [3.63, 3.8) is 0 Å². The Kier molecular flexibility index (Phi) is 5.30. The first kappa shape index (κ1) is 12.5. The fourth-order valence-corrected chi connectivity index (χ4v) is 1.23. The van der Waals surface area contributed by atoms with Crippen molar-refractivity contribution >= 4 is 0 Å². The highest BCUT2D eigenvalue weighted by molar-refractivity contribution is 5.33. The van der Waals surface area contributed by atoms with E-state index in [0.717, 1.165) is 18.7 Å². The van der Waals surface area contributed by atoms with Crippen LogP contribution in [0.5, 0.6) is 5.88 Å². The van der Waals surface area contributed by atoms with Crippen molar-refractivity contribution in [2.24, 2.45) is 0 Å². The molecule has 1 heterocycles. The second kappa shape index (κ2) is 6.81. The van der Waals surface area contributed by atoms with Crippen LogP contribution in [0.25, 0.3) is 0 Å². The van der Waals surface area contributed by atoms with Crippen molar-refractivity contribution in [2.45, 2.75) is 20.3 Å². The molecule has 0 bridgehead atoms. The number of aryl methyl sites for hydroxylation is 1. The first-order valence-corrected chi connectivity index (χ1v) is 5.35. The van der Waals surface area contributed by atoms with Crippen LogP contribution in [0, 0.1) is 18.3 Å². The zero-order chi connectivity index (χ0) is 11.8. The Labute approximate surface area is 95.8 Å². The van der Waals surface area contributed by atoms with Gasteiger partial charge in [0.15, 0.2) is 0 Å². The van der Waals surface area contributed by atoms with Crippen molar-refractivity contribution in [1.29, 1.82) is 5.26 Å². The van der Waals surface area contributed by atoms with Gasteiger partial charge in [0.2, 0.25) is 5.88 Å². The van der Waals surface area contributed by atoms with E-state index in [9.17, 15) is 0 Å². The third-order valence-corrected chi connectivity index (χ3v) is 1.89. The van der Waals surface area contributed by atoms with Gasteiger partial charge in [0.1, 0.15) is 6.61 Å². The van der Waals surface area contributed by atoms with Crippen LogP contribution in [0.3, 0.4) is 0 Å². The Morgan fingerprint density at radius 1 is 1.31 bits per heavy atom. The second-order valence-electron chi connectivity index (χ2n) is 3.41. The number of nitrogens with zero attached hydrogens (tertiary/aromatic N) is 2. The van der Waals surface area contributed by atoms with Gasteiger partial charge >= 0.3 is 0 Å². The number of aromatic nitrogens is 1. The fourth-order valence-electron chi connectivity index (χ4n) is 1.23. The Bertz CT molecular complexity index is 372. The zero-order valence-corrected chi connectivity index (χ0v) is 9.69. The van der Waals surface area contributed by atoms with Gasteiger partial charge in [-0.1, -0.05) is 6.92 Å². The summed E-state index contributed by atoms with van der Waals surface area (Å²) in [6.45, 7) is 5.64. The van der Waals surface area contributed by atoms with Crippen molar-refractivity contribution in [3.05, 3.63) is 23.4 Å². The summed E-state index contributed by atoms with van der Waals surface area (Å²) in [5.41, 5.74) is 1.35. The van der Waals surface area contributed by atoms with Crippen molar-refractivity contribution in [2.75, 3.05) is 19.8 Å². The lowest BCUT2D eigenvalue weighted by Gasteiger charge is -2.06. The van der Waals surface area contributed by atoms with E-state index >= 15 is 0 Å². The van der Waals surface area contributed by atoms with Gasteiger partial charge in [-0.15, -0.1) is 0 Å². The lowest BCUT2D eigenvalue weighted by Crippen LogP contribution is -2.08. The minimum absolute atomic E-state index is 0.460. The molecule has 1 rings (SSSR count). The standard InChI is InChI=1S/C12H16N2O2/c1-3-4-15-5-6-16-12-8-11(9-13)7-10(2)14-12/h7-8H,3-6H2,1-2H3. The Morgan fingerprint density at radius 2 is 2.12 bits per heavy atom. The van der Waals surface area contributed by atoms with Gasteiger partial charge in [0.05, 0.1) is 18.2 Å². The van der Waals surface area contributed by atoms with Crippen molar-refractivity contribution in [1.82, 2.24) is 4.98 Å². The molecule has 0 unspecified atom stereocenters. The van der Waals surface area contributed by atoms with Crippen LogP contribution in [0.4, 0.5) is 0 Å². The molecule has 0 radical (unpaired) electrons. The molecule has 0 aromatic carbocycles. The maximum absolute atomic E-state index is 8.77. The van der Waals surface area contributed by atoms with E-state index in [2.05, 4.69) is 18.0 Å². The maximum atomic E-state index is 8.77. The van der Waals surface area contributed by atoms with Gasteiger partial charge in [0.25, 0.3) is 0 Å². The average Bonchev–Trinajstić information content (AvgIpc) is 2.28. The summed E-state index contributed by atoms with van der Waals surface area (Å²) in [4.78, 5) is 4.17. The summed E-state index contributed by atoms with van der Waals surface area (Å²) in [6.07, 6.45) is 1.00. The summed E-state index contributed by atoms with van der Waals surface area (Å²) in [6, 6.07) is 5.42. The van der Waals surface area contributed by atoms with Crippen LogP contribution < -0.4 is 4.74 Å². The molecule has 0 aliphatic carbocycles. The Balaban J connectivity index is 2.42. The van der Waals surface area contributed by atoms with E-state index in [1.165, 1.54) is 0 Å². The van der Waals surface area contributed by atoms with E-state index in [0.29, 0.717) is 24.7 Å². The molecule has 0 saturated heterocycles. The molecule has 0 N–H and O–H groups in total. The largest absolute Gasteiger partial charge is 0.475 e. The summed E-state index contributed by atoms with van der Waals surface area (Å²) in [5.74, 6) is 0.483. The van der Waals surface area contributed by atoms with Gasteiger partial charge in [0, 0.05) is 18.4 Å². The number of ether oxygens (including phenoxy) is 2. The third-order valence-electron chi connectivity index (χ3n) is 1.89. The summed E-state index contributed by atoms with van der Waals surface area (Å²) in [7, 11) is 0. The molecule has 0 fully saturated rings. The number of hydrogen-bond donors (Lipinski definition) is 0. The van der Waals surface area contributed by atoms with E-state index < -0.39 is 0 Å². The Morgan fingerprint density at radius 3 is 2.81 bits per heavy atom. The number of pyridine rings is 1. The summed E-state index contributed by atoms with van der Waals surface area (Å²) < 4.78 is 10.7. The predicted octanol–water partition coefficient (Wildman–Crippen LogP) is 2.07. The minimum atomic E-state index is 0.460. The van der Waals surface area contributed by atoms with Gasteiger partial charge in [-0.05, 0) is 19.4 Å². The summed E-state index contributed by atoms with van der Waals surface area (Å²) >= 11 is 0. The van der Waals surface area contributed by atoms with Crippen LogP contribution in [-0.2, 0) is 4.74 Å². The highest BCUT2D eigenvalue weighted by Crippen LogP contribution is 2.11. The van der Waals surface area contributed by atoms with Gasteiger partial charge in [-0.3, -0.25) is 0 Å². The van der Waals surface area contributed by atoms with Gasteiger partial charge in [-0.2, -0.15) is 5.26 Å². The highest BCUT2D eigenvalue weighted by atomic mass is 16.5. The Hall–Kier alpha value is -1.60. The van der Waals surface area contributed by atoms with Crippen LogP contribution in [0.15, 0.2) is 12.1 Å². The van der Waals surface area contributed by atoms with Crippen LogP contribution >= 0.6 is 0 Å². The van der Waals surface area contributed by atoms with E-state index in [4.69, 9.17) is 14.7 Å². The normalized spacial score (nSPS) is 9.81.